The van der Waals surface area contributed by atoms with Crippen LogP contribution in [0.1, 0.15) is 50.3 Å². The van der Waals surface area contributed by atoms with E-state index in [2.05, 4.69) is 15.6 Å². The lowest BCUT2D eigenvalue weighted by Crippen LogP contribution is -2.46. The molecule has 164 valence electrons. The summed E-state index contributed by atoms with van der Waals surface area (Å²) >= 11 is 3.10. The maximum Gasteiger partial charge on any atom is 0.401 e. The summed E-state index contributed by atoms with van der Waals surface area (Å²) in [5.74, 6) is 0.273. The fraction of sp³-hybridized carbons (Fsp3) is 0.600. The molecule has 2 aliphatic rings. The molecule has 1 aliphatic heterocycles. The molecule has 2 atom stereocenters. The number of aryl methyl sites for hydroxylation is 2. The van der Waals surface area contributed by atoms with E-state index in [1.165, 1.54) is 21.1 Å². The Bertz CT molecular complexity index is 902. The van der Waals surface area contributed by atoms with Gasteiger partial charge in [0, 0.05) is 27.8 Å². The van der Waals surface area contributed by atoms with Gasteiger partial charge in [0.05, 0.1) is 23.3 Å². The molecule has 1 saturated carbocycles. The van der Waals surface area contributed by atoms with Crippen LogP contribution in [0, 0.1) is 13.8 Å². The van der Waals surface area contributed by atoms with Crippen molar-refractivity contribution in [3.8, 4) is 0 Å². The third-order valence-electron chi connectivity index (χ3n) is 5.64. The van der Waals surface area contributed by atoms with Crippen LogP contribution in [-0.4, -0.2) is 53.7 Å². The van der Waals surface area contributed by atoms with Crippen LogP contribution in [0.5, 0.6) is 0 Å². The largest absolute Gasteiger partial charge is 0.401 e. The van der Waals surface area contributed by atoms with Crippen LogP contribution in [0.4, 0.5) is 18.2 Å². The van der Waals surface area contributed by atoms with Crippen molar-refractivity contribution >= 4 is 33.6 Å². The summed E-state index contributed by atoms with van der Waals surface area (Å²) in [6, 6.07) is 2.60. The number of halogens is 3. The number of nitrogens with zero attached hydrogens (tertiary/aromatic N) is 2. The molecule has 2 fully saturated rings. The highest BCUT2D eigenvalue weighted by Crippen LogP contribution is 2.45. The molecule has 2 aromatic rings. The van der Waals surface area contributed by atoms with Gasteiger partial charge >= 0.3 is 6.18 Å². The standard InChI is InChI=1S/C20H25F3N4OS2/c1-11-14(19(28)26-18-9-24-12(2)30-18)8-17(29-11)15-7-16(15)25-13-3-5-27(6-4-13)10-20(21,22)23/h8-9,13,15-16,25H,3-7,10H2,1-2H3,(H,26,28). The molecule has 10 heteroatoms. The topological polar surface area (TPSA) is 57.3 Å². The van der Waals surface area contributed by atoms with Crippen molar-refractivity contribution in [3.05, 3.63) is 32.6 Å². The van der Waals surface area contributed by atoms with Gasteiger partial charge in [-0.25, -0.2) is 4.98 Å². The molecular weight excluding hydrogens is 433 g/mol. The van der Waals surface area contributed by atoms with Gasteiger partial charge in [-0.15, -0.1) is 22.7 Å². The van der Waals surface area contributed by atoms with E-state index in [0.29, 0.717) is 30.6 Å². The number of piperidine rings is 1. The third-order valence-corrected chi connectivity index (χ3v) is 7.65. The highest BCUT2D eigenvalue weighted by Gasteiger charge is 2.42. The quantitative estimate of drug-likeness (QED) is 0.667. The minimum absolute atomic E-state index is 0.110. The van der Waals surface area contributed by atoms with Gasteiger partial charge in [0.2, 0.25) is 0 Å². The number of hydrogen-bond acceptors (Lipinski definition) is 6. The zero-order valence-electron chi connectivity index (χ0n) is 16.9. The summed E-state index contributed by atoms with van der Waals surface area (Å²) in [6.45, 7) is 4.01. The second-order valence-electron chi connectivity index (χ2n) is 8.10. The molecule has 1 amide bonds. The van der Waals surface area contributed by atoms with Gasteiger partial charge in [-0.2, -0.15) is 13.2 Å². The van der Waals surface area contributed by atoms with E-state index < -0.39 is 12.7 Å². The third kappa shape index (κ3) is 5.40. The Balaban J connectivity index is 1.28. The number of amides is 1. The van der Waals surface area contributed by atoms with Crippen molar-refractivity contribution < 1.29 is 18.0 Å². The maximum absolute atomic E-state index is 12.6. The average molecular weight is 459 g/mol. The molecule has 2 N–H and O–H groups in total. The first-order valence-electron chi connectivity index (χ1n) is 10.1. The first kappa shape index (κ1) is 21.7. The Morgan fingerprint density at radius 2 is 2.00 bits per heavy atom. The van der Waals surface area contributed by atoms with Gasteiger partial charge in [-0.3, -0.25) is 9.69 Å². The van der Waals surface area contributed by atoms with Gasteiger partial charge in [0.25, 0.3) is 5.91 Å². The molecule has 0 bridgehead atoms. The van der Waals surface area contributed by atoms with Gasteiger partial charge in [-0.05, 0) is 52.3 Å². The van der Waals surface area contributed by atoms with Crippen molar-refractivity contribution in [2.75, 3.05) is 25.0 Å². The number of thiophene rings is 1. The molecule has 1 saturated heterocycles. The van der Waals surface area contributed by atoms with Crippen LogP contribution in [0.15, 0.2) is 12.3 Å². The Labute approximate surface area is 181 Å². The van der Waals surface area contributed by atoms with Crippen LogP contribution < -0.4 is 10.6 Å². The van der Waals surface area contributed by atoms with Crippen LogP contribution in [0.2, 0.25) is 0 Å². The predicted octanol–water partition coefficient (Wildman–Crippen LogP) is 4.55. The van der Waals surface area contributed by atoms with E-state index in [-0.39, 0.29) is 11.9 Å². The molecule has 0 aromatic carbocycles. The van der Waals surface area contributed by atoms with E-state index >= 15 is 0 Å². The van der Waals surface area contributed by atoms with Crippen LogP contribution >= 0.6 is 22.7 Å². The molecule has 3 heterocycles. The highest BCUT2D eigenvalue weighted by atomic mass is 32.1. The Hall–Kier alpha value is -1.49. The van der Waals surface area contributed by atoms with Gasteiger partial charge < -0.3 is 10.6 Å². The molecule has 2 aromatic heterocycles. The first-order valence-corrected chi connectivity index (χ1v) is 11.7. The Morgan fingerprint density at radius 3 is 2.63 bits per heavy atom. The first-order chi connectivity index (χ1) is 14.2. The number of thiazole rings is 1. The van der Waals surface area contributed by atoms with Crippen molar-refractivity contribution in [2.45, 2.75) is 57.3 Å². The second kappa shape index (κ2) is 8.57. The van der Waals surface area contributed by atoms with Gasteiger partial charge in [0.15, 0.2) is 0 Å². The number of hydrogen-bond donors (Lipinski definition) is 2. The number of carbonyl (C=O) groups excluding carboxylic acids is 1. The van der Waals surface area contributed by atoms with Crippen molar-refractivity contribution in [1.29, 1.82) is 0 Å². The summed E-state index contributed by atoms with van der Waals surface area (Å²) in [5.41, 5.74) is 0.701. The lowest BCUT2D eigenvalue weighted by Gasteiger charge is -2.33. The molecule has 4 rings (SSSR count). The zero-order valence-corrected chi connectivity index (χ0v) is 18.5. The minimum atomic E-state index is -4.12. The lowest BCUT2D eigenvalue weighted by molar-refractivity contribution is -0.148. The predicted molar refractivity (Wildman–Crippen MR) is 114 cm³/mol. The van der Waals surface area contributed by atoms with Gasteiger partial charge in [-0.1, -0.05) is 0 Å². The summed E-state index contributed by atoms with van der Waals surface area (Å²) in [7, 11) is 0. The van der Waals surface area contributed by atoms with E-state index in [4.69, 9.17) is 0 Å². The lowest BCUT2D eigenvalue weighted by atomic mass is 10.0. The average Bonchev–Trinajstić information content (AvgIpc) is 3.12. The summed E-state index contributed by atoms with van der Waals surface area (Å²) in [5, 5.41) is 8.18. The van der Waals surface area contributed by atoms with E-state index in [0.717, 1.165) is 34.1 Å². The van der Waals surface area contributed by atoms with Crippen molar-refractivity contribution in [3.63, 3.8) is 0 Å². The smallest absolute Gasteiger partial charge is 0.312 e. The number of carbonyl (C=O) groups is 1. The Morgan fingerprint density at radius 1 is 1.27 bits per heavy atom. The summed E-state index contributed by atoms with van der Waals surface area (Å²) in [4.78, 5) is 20.4. The Kier molecular flexibility index (Phi) is 6.20. The van der Waals surface area contributed by atoms with E-state index in [9.17, 15) is 18.0 Å². The number of aromatic nitrogens is 1. The van der Waals surface area contributed by atoms with E-state index in [1.54, 1.807) is 17.5 Å². The molecule has 2 unspecified atom stereocenters. The normalized spacial score (nSPS) is 23.0. The fourth-order valence-electron chi connectivity index (χ4n) is 4.02. The molecule has 30 heavy (non-hydrogen) atoms. The number of nitrogens with one attached hydrogen (secondary N) is 2. The van der Waals surface area contributed by atoms with Crippen molar-refractivity contribution in [1.82, 2.24) is 15.2 Å². The molecule has 5 nitrogen and oxygen atoms in total. The molecule has 0 spiro atoms. The monoisotopic (exact) mass is 458 g/mol. The SMILES string of the molecule is Cc1ncc(NC(=O)c2cc(C3CC3NC3CCN(CC(F)(F)F)CC3)sc2C)s1. The molecule has 0 radical (unpaired) electrons. The number of alkyl halides is 3. The van der Waals surface area contributed by atoms with E-state index in [1.807, 2.05) is 19.9 Å². The van der Waals surface area contributed by atoms with Crippen LogP contribution in [0.3, 0.4) is 0 Å². The molecular formula is C20H25F3N4OS2. The number of likely N-dealkylation sites (tertiary alicyclic amines) is 1. The van der Waals surface area contributed by atoms with Crippen LogP contribution in [-0.2, 0) is 0 Å². The maximum atomic E-state index is 12.6. The van der Waals surface area contributed by atoms with Gasteiger partial charge in [0.1, 0.15) is 5.00 Å². The summed E-state index contributed by atoms with van der Waals surface area (Å²) < 4.78 is 37.6. The highest BCUT2D eigenvalue weighted by molar-refractivity contribution is 7.15. The fourth-order valence-corrected chi connectivity index (χ4v) is 5.90. The number of rotatable bonds is 6. The summed E-state index contributed by atoms with van der Waals surface area (Å²) in [6.07, 6.45) is 0.0380. The van der Waals surface area contributed by atoms with Crippen LogP contribution in [0.25, 0.3) is 0 Å². The second-order valence-corrected chi connectivity index (χ2v) is 10.6. The minimum Gasteiger partial charge on any atom is -0.312 e. The zero-order chi connectivity index (χ0) is 21.5. The molecule has 1 aliphatic carbocycles. The van der Waals surface area contributed by atoms with Crippen molar-refractivity contribution in [2.24, 2.45) is 0 Å². The number of anilines is 1.